The van der Waals surface area contributed by atoms with Gasteiger partial charge in [0.2, 0.25) is 0 Å². The predicted octanol–water partition coefficient (Wildman–Crippen LogP) is 2.02. The van der Waals surface area contributed by atoms with Gasteiger partial charge in [0.15, 0.2) is 0 Å². The molecule has 6 nitrogen and oxygen atoms in total. The Hall–Kier alpha value is -2.08. The number of anilines is 1. The Labute approximate surface area is 124 Å². The summed E-state index contributed by atoms with van der Waals surface area (Å²) in [6, 6.07) is 6.06. The summed E-state index contributed by atoms with van der Waals surface area (Å²) in [5.41, 5.74) is 1.80. The van der Waals surface area contributed by atoms with E-state index in [2.05, 4.69) is 5.32 Å². The number of hydrogen-bond donors (Lipinski definition) is 2. The first kappa shape index (κ1) is 17.0. The smallest absolute Gasteiger partial charge is 0.326 e. The maximum Gasteiger partial charge on any atom is 0.326 e. The topological polar surface area (TPSA) is 78.9 Å². The fourth-order valence-electron chi connectivity index (χ4n) is 1.82. The molecule has 1 unspecified atom stereocenters. The predicted molar refractivity (Wildman–Crippen MR) is 80.6 cm³/mol. The highest BCUT2D eigenvalue weighted by atomic mass is 16.5. The summed E-state index contributed by atoms with van der Waals surface area (Å²) < 4.78 is 4.89. The maximum absolute atomic E-state index is 12.1. The van der Waals surface area contributed by atoms with E-state index in [1.165, 1.54) is 4.90 Å². The zero-order valence-corrected chi connectivity index (χ0v) is 12.6. The molecule has 2 amide bonds. The molecule has 2 N–H and O–H groups in total. The number of carboxylic acids is 1. The number of nitrogens with zero attached hydrogens (tertiary/aromatic N) is 1. The Morgan fingerprint density at radius 3 is 2.48 bits per heavy atom. The fourth-order valence-corrected chi connectivity index (χ4v) is 1.82. The molecule has 0 heterocycles. The van der Waals surface area contributed by atoms with E-state index in [1.54, 1.807) is 14.2 Å². The maximum atomic E-state index is 12.1. The molecule has 0 fully saturated rings. The molecule has 0 radical (unpaired) electrons. The van der Waals surface area contributed by atoms with Crippen LogP contribution in [0.1, 0.15) is 18.4 Å². The number of aliphatic carboxylic acids is 1. The Kier molecular flexibility index (Phi) is 6.68. The number of amides is 2. The summed E-state index contributed by atoms with van der Waals surface area (Å²) in [6.45, 7) is 2.42. The zero-order chi connectivity index (χ0) is 15.8. The number of rotatable bonds is 7. The SMILES string of the molecule is COCCCC(NC(=O)N(C)c1ccc(C)cc1)C(=O)O. The van der Waals surface area contributed by atoms with Crippen molar-refractivity contribution in [3.8, 4) is 0 Å². The molecule has 0 bridgehead atoms. The third-order valence-corrected chi connectivity index (χ3v) is 3.16. The lowest BCUT2D eigenvalue weighted by molar-refractivity contribution is -0.139. The van der Waals surface area contributed by atoms with E-state index >= 15 is 0 Å². The lowest BCUT2D eigenvalue weighted by Crippen LogP contribution is -2.46. The van der Waals surface area contributed by atoms with Gasteiger partial charge in [-0.2, -0.15) is 0 Å². The number of urea groups is 1. The van der Waals surface area contributed by atoms with Gasteiger partial charge in [-0.15, -0.1) is 0 Å². The lowest BCUT2D eigenvalue weighted by Gasteiger charge is -2.21. The van der Waals surface area contributed by atoms with Crippen LogP contribution in [0.15, 0.2) is 24.3 Å². The van der Waals surface area contributed by atoms with Crippen LogP contribution in [-0.4, -0.2) is 43.9 Å². The van der Waals surface area contributed by atoms with E-state index in [4.69, 9.17) is 9.84 Å². The van der Waals surface area contributed by atoms with Crippen LogP contribution < -0.4 is 10.2 Å². The van der Waals surface area contributed by atoms with E-state index in [0.717, 1.165) is 5.56 Å². The molecule has 1 aromatic rings. The minimum Gasteiger partial charge on any atom is -0.480 e. The number of nitrogens with one attached hydrogen (secondary N) is 1. The van der Waals surface area contributed by atoms with Crippen molar-refractivity contribution in [3.05, 3.63) is 29.8 Å². The summed E-state index contributed by atoms with van der Waals surface area (Å²) >= 11 is 0. The number of ether oxygens (including phenoxy) is 1. The fraction of sp³-hybridized carbons (Fsp3) is 0.467. The second-order valence-corrected chi connectivity index (χ2v) is 4.87. The average Bonchev–Trinajstić information content (AvgIpc) is 2.46. The molecule has 21 heavy (non-hydrogen) atoms. The molecule has 1 aromatic carbocycles. The minimum absolute atomic E-state index is 0.330. The second-order valence-electron chi connectivity index (χ2n) is 4.87. The summed E-state index contributed by atoms with van der Waals surface area (Å²) in [7, 11) is 3.16. The first-order valence-corrected chi connectivity index (χ1v) is 6.78. The van der Waals surface area contributed by atoms with Gasteiger partial charge in [0.05, 0.1) is 0 Å². The number of methoxy groups -OCH3 is 1. The van der Waals surface area contributed by atoms with Gasteiger partial charge < -0.3 is 15.2 Å². The summed E-state index contributed by atoms with van der Waals surface area (Å²) in [6.07, 6.45) is 0.901. The van der Waals surface area contributed by atoms with Crippen LogP contribution in [0.2, 0.25) is 0 Å². The van der Waals surface area contributed by atoms with Crippen LogP contribution in [0.25, 0.3) is 0 Å². The van der Waals surface area contributed by atoms with Crippen LogP contribution >= 0.6 is 0 Å². The zero-order valence-electron chi connectivity index (χ0n) is 12.6. The van der Waals surface area contributed by atoms with Gasteiger partial charge in [0.1, 0.15) is 6.04 Å². The molecular weight excluding hydrogens is 272 g/mol. The highest BCUT2D eigenvalue weighted by Crippen LogP contribution is 2.13. The van der Waals surface area contributed by atoms with Gasteiger partial charge >= 0.3 is 12.0 Å². The van der Waals surface area contributed by atoms with E-state index in [0.29, 0.717) is 25.1 Å². The molecule has 6 heteroatoms. The molecule has 0 spiro atoms. The third-order valence-electron chi connectivity index (χ3n) is 3.16. The molecule has 0 aliphatic heterocycles. The normalized spacial score (nSPS) is 11.8. The molecule has 116 valence electrons. The Morgan fingerprint density at radius 2 is 1.95 bits per heavy atom. The average molecular weight is 294 g/mol. The Balaban J connectivity index is 2.63. The Morgan fingerprint density at radius 1 is 1.33 bits per heavy atom. The van der Waals surface area contributed by atoms with Crippen molar-refractivity contribution >= 4 is 17.7 Å². The number of carbonyl (C=O) groups is 2. The van der Waals surface area contributed by atoms with Gasteiger partial charge in [-0.1, -0.05) is 17.7 Å². The molecule has 0 aromatic heterocycles. The molecule has 0 saturated heterocycles. The van der Waals surface area contributed by atoms with Crippen molar-refractivity contribution in [1.29, 1.82) is 0 Å². The number of carboxylic acid groups (broad SMARTS) is 1. The van der Waals surface area contributed by atoms with Crippen LogP contribution in [-0.2, 0) is 9.53 Å². The summed E-state index contributed by atoms with van der Waals surface area (Å²) in [5, 5.41) is 11.7. The van der Waals surface area contributed by atoms with E-state index in [1.807, 2.05) is 31.2 Å². The largest absolute Gasteiger partial charge is 0.480 e. The quantitative estimate of drug-likeness (QED) is 0.754. The second kappa shape index (κ2) is 8.26. The molecule has 0 saturated carbocycles. The molecule has 1 atom stereocenters. The molecule has 1 rings (SSSR count). The standard InChI is InChI=1S/C15H22N2O4/c1-11-6-8-12(9-7-11)17(2)15(20)16-13(14(18)19)5-4-10-21-3/h6-9,13H,4-5,10H2,1-3H3,(H,16,20)(H,18,19). The van der Waals surface area contributed by atoms with Crippen LogP contribution in [0.5, 0.6) is 0 Å². The van der Waals surface area contributed by atoms with E-state index < -0.39 is 18.0 Å². The van der Waals surface area contributed by atoms with Crippen molar-refractivity contribution in [3.63, 3.8) is 0 Å². The monoisotopic (exact) mass is 294 g/mol. The van der Waals surface area contributed by atoms with E-state index in [9.17, 15) is 9.59 Å². The van der Waals surface area contributed by atoms with Crippen molar-refractivity contribution in [2.45, 2.75) is 25.8 Å². The van der Waals surface area contributed by atoms with Crippen LogP contribution in [0.4, 0.5) is 10.5 Å². The van der Waals surface area contributed by atoms with Crippen molar-refractivity contribution in [1.82, 2.24) is 5.32 Å². The van der Waals surface area contributed by atoms with Gasteiger partial charge in [-0.25, -0.2) is 9.59 Å². The van der Waals surface area contributed by atoms with Gasteiger partial charge in [-0.05, 0) is 31.9 Å². The van der Waals surface area contributed by atoms with Crippen molar-refractivity contribution in [2.24, 2.45) is 0 Å². The minimum atomic E-state index is -1.04. The lowest BCUT2D eigenvalue weighted by atomic mass is 10.1. The third kappa shape index (κ3) is 5.43. The van der Waals surface area contributed by atoms with Crippen molar-refractivity contribution < 1.29 is 19.4 Å². The number of hydrogen-bond acceptors (Lipinski definition) is 3. The summed E-state index contributed by atoms with van der Waals surface area (Å²) in [5.74, 6) is -1.04. The first-order chi connectivity index (χ1) is 9.95. The van der Waals surface area contributed by atoms with Crippen LogP contribution in [0, 0.1) is 6.92 Å². The van der Waals surface area contributed by atoms with Crippen LogP contribution in [0.3, 0.4) is 0 Å². The van der Waals surface area contributed by atoms with Gasteiger partial charge in [0, 0.05) is 26.5 Å². The number of carbonyl (C=O) groups excluding carboxylic acids is 1. The van der Waals surface area contributed by atoms with Gasteiger partial charge in [0.25, 0.3) is 0 Å². The molecule has 0 aliphatic rings. The first-order valence-electron chi connectivity index (χ1n) is 6.78. The highest BCUT2D eigenvalue weighted by Gasteiger charge is 2.21. The molecule has 0 aliphatic carbocycles. The Bertz CT molecular complexity index is 473. The summed E-state index contributed by atoms with van der Waals surface area (Å²) in [4.78, 5) is 24.6. The van der Waals surface area contributed by atoms with Gasteiger partial charge in [-0.3, -0.25) is 4.90 Å². The van der Waals surface area contributed by atoms with E-state index in [-0.39, 0.29) is 0 Å². The van der Waals surface area contributed by atoms with Crippen molar-refractivity contribution in [2.75, 3.05) is 25.7 Å². The highest BCUT2D eigenvalue weighted by molar-refractivity contribution is 5.93. The molecular formula is C15H22N2O4. The number of aryl methyl sites for hydroxylation is 1. The number of benzene rings is 1.